The highest BCUT2D eigenvalue weighted by molar-refractivity contribution is 5.15. The molecule has 0 aromatic carbocycles. The molecule has 0 N–H and O–H groups in total. The molecule has 1 heterocycles. The summed E-state index contributed by atoms with van der Waals surface area (Å²) in [5, 5.41) is 0. The Morgan fingerprint density at radius 3 is 2.50 bits per heavy atom. The van der Waals surface area contributed by atoms with Crippen molar-refractivity contribution in [2.45, 2.75) is 71.8 Å². The highest BCUT2D eigenvalue weighted by atomic mass is 16.5. The van der Waals surface area contributed by atoms with Crippen LogP contribution in [0.1, 0.15) is 66.2 Å². The van der Waals surface area contributed by atoms with Crippen LogP contribution < -0.4 is 0 Å². The van der Waals surface area contributed by atoms with Crippen LogP contribution in [0.15, 0.2) is 12.3 Å². The second-order valence-corrected chi connectivity index (χ2v) is 8.15. The molecule has 1 nitrogen and oxygen atoms in total. The zero-order chi connectivity index (χ0) is 13.2. The molecule has 2 saturated carbocycles. The Morgan fingerprint density at radius 1 is 1.06 bits per heavy atom. The third kappa shape index (κ3) is 1.52. The van der Waals surface area contributed by atoms with Gasteiger partial charge in [-0.2, -0.15) is 0 Å². The molecule has 102 valence electrons. The molecule has 1 saturated heterocycles. The fourth-order valence-electron chi connectivity index (χ4n) is 5.78. The summed E-state index contributed by atoms with van der Waals surface area (Å²) < 4.78 is 6.14. The Hall–Kier alpha value is -0.460. The van der Waals surface area contributed by atoms with Crippen LogP contribution in [0.4, 0.5) is 0 Å². The van der Waals surface area contributed by atoms with Gasteiger partial charge in [0.2, 0.25) is 0 Å². The third-order valence-electron chi connectivity index (χ3n) is 6.55. The Kier molecular flexibility index (Phi) is 2.48. The molecule has 3 rings (SSSR count). The zero-order valence-electron chi connectivity index (χ0n) is 12.5. The molecule has 3 aliphatic rings. The lowest BCUT2D eigenvalue weighted by atomic mass is 9.45. The second kappa shape index (κ2) is 3.55. The lowest BCUT2D eigenvalue weighted by Crippen LogP contribution is -2.55. The summed E-state index contributed by atoms with van der Waals surface area (Å²) in [6.07, 6.45) is 7.83. The second-order valence-electron chi connectivity index (χ2n) is 8.15. The molecule has 4 unspecified atom stereocenters. The van der Waals surface area contributed by atoms with Crippen LogP contribution in [0.25, 0.3) is 0 Å². The number of hydrogen-bond donors (Lipinski definition) is 0. The van der Waals surface area contributed by atoms with Crippen LogP contribution in [0.5, 0.6) is 0 Å². The molecule has 18 heavy (non-hydrogen) atoms. The number of ether oxygens (including phenoxy) is 1. The average Bonchev–Trinajstić information content (AvgIpc) is 2.53. The van der Waals surface area contributed by atoms with Gasteiger partial charge < -0.3 is 4.74 Å². The first-order chi connectivity index (χ1) is 8.28. The minimum Gasteiger partial charge on any atom is -0.492 e. The molecule has 0 bridgehead atoms. The molecular weight excluding hydrogens is 220 g/mol. The molecule has 4 atom stereocenters. The van der Waals surface area contributed by atoms with Crippen LogP contribution in [-0.4, -0.2) is 5.60 Å². The van der Waals surface area contributed by atoms with Crippen LogP contribution in [0, 0.1) is 22.7 Å². The quantitative estimate of drug-likeness (QED) is 0.591. The lowest BCUT2D eigenvalue weighted by molar-refractivity contribution is -0.142. The van der Waals surface area contributed by atoms with Gasteiger partial charge in [-0.25, -0.2) is 0 Å². The van der Waals surface area contributed by atoms with Crippen LogP contribution in [-0.2, 0) is 4.74 Å². The number of allylic oxidation sites excluding steroid dienone is 1. The number of hydrogen-bond acceptors (Lipinski definition) is 1. The van der Waals surface area contributed by atoms with Crippen molar-refractivity contribution < 1.29 is 4.74 Å². The van der Waals surface area contributed by atoms with Gasteiger partial charge in [-0.05, 0) is 49.4 Å². The first-order valence-corrected chi connectivity index (χ1v) is 7.65. The van der Waals surface area contributed by atoms with Gasteiger partial charge in [0.25, 0.3) is 0 Å². The summed E-state index contributed by atoms with van der Waals surface area (Å²) in [4.78, 5) is 0. The zero-order valence-corrected chi connectivity index (χ0v) is 12.5. The average molecular weight is 248 g/mol. The lowest BCUT2D eigenvalue weighted by Gasteiger charge is -2.59. The van der Waals surface area contributed by atoms with Crippen molar-refractivity contribution in [3.63, 3.8) is 0 Å². The first kappa shape index (κ1) is 12.6. The van der Waals surface area contributed by atoms with Crippen LogP contribution >= 0.6 is 0 Å². The van der Waals surface area contributed by atoms with E-state index >= 15 is 0 Å². The van der Waals surface area contributed by atoms with Crippen molar-refractivity contribution >= 4 is 0 Å². The highest BCUT2D eigenvalue weighted by Crippen LogP contribution is 2.65. The molecule has 0 radical (unpaired) electrons. The summed E-state index contributed by atoms with van der Waals surface area (Å²) in [6, 6.07) is 0. The molecule has 1 aliphatic heterocycles. The van der Waals surface area contributed by atoms with Gasteiger partial charge in [0.1, 0.15) is 5.60 Å². The van der Waals surface area contributed by atoms with E-state index in [0.717, 1.165) is 18.1 Å². The third-order valence-corrected chi connectivity index (χ3v) is 6.55. The minimum atomic E-state index is 0.0791. The monoisotopic (exact) mass is 248 g/mol. The van der Waals surface area contributed by atoms with Gasteiger partial charge in [-0.3, -0.25) is 0 Å². The van der Waals surface area contributed by atoms with E-state index in [2.05, 4.69) is 34.3 Å². The fraction of sp³-hybridized carbons (Fsp3) is 0.882. The Balaban J connectivity index is 2.00. The molecule has 0 aromatic heterocycles. The molecule has 0 aromatic rings. The largest absolute Gasteiger partial charge is 0.492 e. The Morgan fingerprint density at radius 2 is 1.78 bits per heavy atom. The van der Waals surface area contributed by atoms with Gasteiger partial charge in [0.15, 0.2) is 0 Å². The summed E-state index contributed by atoms with van der Waals surface area (Å²) in [7, 11) is 0. The summed E-state index contributed by atoms with van der Waals surface area (Å²) >= 11 is 0. The maximum Gasteiger partial charge on any atom is 0.109 e. The number of rotatable bonds is 0. The predicted molar refractivity (Wildman–Crippen MR) is 75.2 cm³/mol. The summed E-state index contributed by atoms with van der Waals surface area (Å²) in [5.74, 6) is 2.59. The van der Waals surface area contributed by atoms with Crippen molar-refractivity contribution in [3.8, 4) is 0 Å². The predicted octanol–water partition coefficient (Wildman–Crippen LogP) is 4.92. The van der Waals surface area contributed by atoms with E-state index in [9.17, 15) is 0 Å². The van der Waals surface area contributed by atoms with Crippen molar-refractivity contribution in [2.75, 3.05) is 0 Å². The summed E-state index contributed by atoms with van der Waals surface area (Å²) in [5.41, 5.74) is 1.06. The Labute approximate surface area is 112 Å². The van der Waals surface area contributed by atoms with E-state index in [4.69, 9.17) is 4.74 Å². The molecule has 0 spiro atoms. The smallest absolute Gasteiger partial charge is 0.109 e. The maximum absolute atomic E-state index is 6.14. The maximum atomic E-state index is 6.14. The molecule has 0 amide bonds. The number of fused-ring (bicyclic) bond motifs is 3. The van der Waals surface area contributed by atoms with E-state index in [1.54, 1.807) is 0 Å². The molecule has 3 fully saturated rings. The highest BCUT2D eigenvalue weighted by Gasteiger charge is 2.61. The van der Waals surface area contributed by atoms with E-state index < -0.39 is 0 Å². The van der Waals surface area contributed by atoms with Gasteiger partial charge in [-0.1, -0.05) is 33.8 Å². The molecular formula is C17H28O. The van der Waals surface area contributed by atoms with Crippen molar-refractivity contribution in [2.24, 2.45) is 22.7 Å². The standard InChI is InChI=1S/C17H28O/c1-12-11-14-16(4)9-6-8-15(2,3)13(16)7-10-17(14,5)18-12/h13-14H,1,6-11H2,2-5H3. The van der Waals surface area contributed by atoms with E-state index in [1.165, 1.54) is 32.1 Å². The van der Waals surface area contributed by atoms with Crippen LogP contribution in [0.2, 0.25) is 0 Å². The van der Waals surface area contributed by atoms with Crippen molar-refractivity contribution in [3.05, 3.63) is 12.3 Å². The van der Waals surface area contributed by atoms with Crippen molar-refractivity contribution in [1.82, 2.24) is 0 Å². The SMILES string of the molecule is C=C1CC2C(C)(CCC3C(C)(C)CCCC32C)O1. The normalized spacial score (nSPS) is 50.3. The van der Waals surface area contributed by atoms with Gasteiger partial charge in [0.05, 0.1) is 5.76 Å². The van der Waals surface area contributed by atoms with E-state index in [-0.39, 0.29) is 5.60 Å². The topological polar surface area (TPSA) is 9.23 Å². The first-order valence-electron chi connectivity index (χ1n) is 7.65. The summed E-state index contributed by atoms with van der Waals surface area (Å²) in [6.45, 7) is 14.0. The fourth-order valence-corrected chi connectivity index (χ4v) is 5.78. The Bertz CT molecular complexity index is 383. The molecule has 1 heteroatoms. The van der Waals surface area contributed by atoms with Gasteiger partial charge >= 0.3 is 0 Å². The van der Waals surface area contributed by atoms with Gasteiger partial charge in [-0.15, -0.1) is 0 Å². The molecule has 2 aliphatic carbocycles. The van der Waals surface area contributed by atoms with E-state index in [1.807, 2.05) is 0 Å². The van der Waals surface area contributed by atoms with Crippen molar-refractivity contribution in [1.29, 1.82) is 0 Å². The van der Waals surface area contributed by atoms with Crippen LogP contribution in [0.3, 0.4) is 0 Å². The van der Waals surface area contributed by atoms with Gasteiger partial charge in [0, 0.05) is 12.3 Å². The minimum absolute atomic E-state index is 0.0791. The van der Waals surface area contributed by atoms with E-state index in [0.29, 0.717) is 16.7 Å².